The fourth-order valence-electron chi connectivity index (χ4n) is 3.44. The number of hydrogen-bond donors (Lipinski definition) is 1. The molecule has 0 saturated carbocycles. The first-order valence-electron chi connectivity index (χ1n) is 9.83. The van der Waals surface area contributed by atoms with Gasteiger partial charge in [-0.15, -0.1) is 6.58 Å². The van der Waals surface area contributed by atoms with E-state index in [0.717, 1.165) is 34.4 Å². The summed E-state index contributed by atoms with van der Waals surface area (Å²) in [6.07, 6.45) is 2.58. The van der Waals surface area contributed by atoms with Crippen LogP contribution in [0.4, 0.5) is 0 Å². The minimum Gasteiger partial charge on any atom is -0.496 e. The van der Waals surface area contributed by atoms with E-state index in [1.54, 1.807) is 31.4 Å². The second-order valence-corrected chi connectivity index (χ2v) is 8.96. The monoisotopic (exact) mass is 421 g/mol. The minimum atomic E-state index is -3.64. The molecule has 1 unspecified atom stereocenters. The molecule has 30 heavy (non-hydrogen) atoms. The third kappa shape index (κ3) is 5.17. The Balaban J connectivity index is 1.98. The maximum Gasteiger partial charge on any atom is 0.240 e. The van der Waals surface area contributed by atoms with Gasteiger partial charge in [0.2, 0.25) is 10.0 Å². The lowest BCUT2D eigenvalue weighted by molar-refractivity contribution is 0.407. The van der Waals surface area contributed by atoms with Crippen molar-refractivity contribution in [2.75, 3.05) is 13.7 Å². The van der Waals surface area contributed by atoms with Crippen molar-refractivity contribution < 1.29 is 13.2 Å². The second-order valence-electron chi connectivity index (χ2n) is 7.20. The first kappa shape index (κ1) is 21.8. The molecule has 1 N–H and O–H groups in total. The Hall–Kier alpha value is -2.89. The quantitative estimate of drug-likeness (QED) is 0.503. The summed E-state index contributed by atoms with van der Waals surface area (Å²) in [5, 5.41) is 0. The van der Waals surface area contributed by atoms with Crippen LogP contribution in [0.25, 0.3) is 0 Å². The van der Waals surface area contributed by atoms with Crippen LogP contribution in [-0.2, 0) is 16.4 Å². The molecule has 0 aliphatic rings. The van der Waals surface area contributed by atoms with Crippen LogP contribution in [0.2, 0.25) is 0 Å². The number of aryl methyl sites for hydroxylation is 1. The van der Waals surface area contributed by atoms with Crippen LogP contribution in [0.1, 0.15) is 28.2 Å². The van der Waals surface area contributed by atoms with E-state index in [2.05, 4.69) is 17.4 Å². The van der Waals surface area contributed by atoms with Gasteiger partial charge in [-0.3, -0.25) is 0 Å². The molecule has 156 valence electrons. The summed E-state index contributed by atoms with van der Waals surface area (Å²) >= 11 is 0. The van der Waals surface area contributed by atoms with E-state index in [-0.39, 0.29) is 17.4 Å². The Morgan fingerprint density at radius 1 is 1.03 bits per heavy atom. The topological polar surface area (TPSA) is 55.4 Å². The zero-order valence-electron chi connectivity index (χ0n) is 17.3. The number of allylic oxidation sites excluding steroid dienone is 1. The smallest absolute Gasteiger partial charge is 0.240 e. The molecular formula is C25H27NO3S. The molecule has 0 radical (unpaired) electrons. The molecule has 0 spiro atoms. The van der Waals surface area contributed by atoms with Gasteiger partial charge >= 0.3 is 0 Å². The molecule has 0 bridgehead atoms. The van der Waals surface area contributed by atoms with E-state index in [9.17, 15) is 8.42 Å². The molecule has 0 fully saturated rings. The minimum absolute atomic E-state index is 0.203. The van der Waals surface area contributed by atoms with E-state index in [1.165, 1.54) is 0 Å². The summed E-state index contributed by atoms with van der Waals surface area (Å²) in [4.78, 5) is 0.257. The van der Waals surface area contributed by atoms with Gasteiger partial charge in [0.15, 0.2) is 0 Å². The van der Waals surface area contributed by atoms with Crippen LogP contribution in [-0.4, -0.2) is 22.1 Å². The van der Waals surface area contributed by atoms with Crippen LogP contribution in [0.5, 0.6) is 5.75 Å². The molecule has 3 aromatic carbocycles. The predicted octanol–water partition coefficient (Wildman–Crippen LogP) is 4.84. The van der Waals surface area contributed by atoms with E-state index in [0.29, 0.717) is 0 Å². The predicted molar refractivity (Wildman–Crippen MR) is 122 cm³/mol. The average Bonchev–Trinajstić information content (AvgIpc) is 2.75. The molecule has 0 saturated heterocycles. The van der Waals surface area contributed by atoms with E-state index in [1.807, 2.05) is 55.5 Å². The van der Waals surface area contributed by atoms with Gasteiger partial charge in [-0.1, -0.05) is 66.2 Å². The molecule has 0 aliphatic heterocycles. The molecular weight excluding hydrogens is 394 g/mol. The maximum absolute atomic E-state index is 12.9. The molecule has 4 nitrogen and oxygen atoms in total. The van der Waals surface area contributed by atoms with Crippen molar-refractivity contribution >= 4 is 10.0 Å². The van der Waals surface area contributed by atoms with Gasteiger partial charge in [-0.05, 0) is 42.7 Å². The van der Waals surface area contributed by atoms with Crippen molar-refractivity contribution in [2.24, 2.45) is 0 Å². The number of methoxy groups -OCH3 is 1. The van der Waals surface area contributed by atoms with Crippen LogP contribution in [0.15, 0.2) is 90.3 Å². The highest BCUT2D eigenvalue weighted by molar-refractivity contribution is 7.89. The standard InChI is InChI=1S/C25H27NO3S/c1-4-8-20-13-16-25(29-3)23(17-20)24(21-9-6-5-7-10-21)18-26-30(27,28)22-14-11-19(2)12-15-22/h4-7,9-17,24,26H,1,8,18H2,2-3H3. The molecule has 3 aromatic rings. The molecule has 0 amide bonds. The van der Waals surface area contributed by atoms with E-state index < -0.39 is 10.0 Å². The third-order valence-electron chi connectivity index (χ3n) is 5.06. The number of rotatable bonds is 9. The highest BCUT2D eigenvalue weighted by Crippen LogP contribution is 2.33. The number of sulfonamides is 1. The van der Waals surface area contributed by atoms with Gasteiger partial charge in [0, 0.05) is 18.0 Å². The van der Waals surface area contributed by atoms with Gasteiger partial charge in [-0.25, -0.2) is 13.1 Å². The van der Waals surface area contributed by atoms with E-state index in [4.69, 9.17) is 4.74 Å². The lowest BCUT2D eigenvalue weighted by Crippen LogP contribution is -2.29. The molecule has 0 heterocycles. The molecule has 3 rings (SSSR count). The Labute approximate surface area is 179 Å². The fraction of sp³-hybridized carbons (Fsp3) is 0.200. The van der Waals surface area contributed by atoms with Crippen molar-refractivity contribution in [1.29, 1.82) is 0 Å². The Kier molecular flexibility index (Phi) is 7.08. The Morgan fingerprint density at radius 2 is 1.73 bits per heavy atom. The second kappa shape index (κ2) is 9.74. The van der Waals surface area contributed by atoms with Crippen molar-refractivity contribution in [3.8, 4) is 5.75 Å². The summed E-state index contributed by atoms with van der Waals surface area (Å²) in [6, 6.07) is 22.7. The van der Waals surface area contributed by atoms with Crippen molar-refractivity contribution in [3.05, 3.63) is 108 Å². The lowest BCUT2D eigenvalue weighted by Gasteiger charge is -2.22. The number of benzene rings is 3. The molecule has 0 aliphatic carbocycles. The average molecular weight is 422 g/mol. The number of ether oxygens (including phenoxy) is 1. The maximum atomic E-state index is 12.9. The lowest BCUT2D eigenvalue weighted by atomic mass is 9.89. The molecule has 1 atom stereocenters. The van der Waals surface area contributed by atoms with Gasteiger partial charge in [0.05, 0.1) is 12.0 Å². The normalized spacial score (nSPS) is 12.3. The SMILES string of the molecule is C=CCc1ccc(OC)c(C(CNS(=O)(=O)c2ccc(C)cc2)c2ccccc2)c1. The zero-order valence-corrected chi connectivity index (χ0v) is 18.2. The van der Waals surface area contributed by atoms with Crippen molar-refractivity contribution in [2.45, 2.75) is 24.2 Å². The van der Waals surface area contributed by atoms with Crippen LogP contribution in [0, 0.1) is 6.92 Å². The number of hydrogen-bond acceptors (Lipinski definition) is 3. The van der Waals surface area contributed by atoms with Crippen molar-refractivity contribution in [3.63, 3.8) is 0 Å². The third-order valence-corrected chi connectivity index (χ3v) is 6.50. The first-order chi connectivity index (χ1) is 14.4. The Morgan fingerprint density at radius 3 is 2.37 bits per heavy atom. The highest BCUT2D eigenvalue weighted by Gasteiger charge is 2.22. The van der Waals surface area contributed by atoms with Crippen LogP contribution >= 0.6 is 0 Å². The molecule has 0 aromatic heterocycles. The largest absolute Gasteiger partial charge is 0.496 e. The first-order valence-corrected chi connectivity index (χ1v) is 11.3. The van der Waals surface area contributed by atoms with E-state index >= 15 is 0 Å². The number of nitrogens with one attached hydrogen (secondary N) is 1. The molecule has 5 heteroatoms. The van der Waals surface area contributed by atoms with Gasteiger partial charge in [0.1, 0.15) is 5.75 Å². The van der Waals surface area contributed by atoms with Gasteiger partial charge in [-0.2, -0.15) is 0 Å². The highest BCUT2D eigenvalue weighted by atomic mass is 32.2. The summed E-state index contributed by atoms with van der Waals surface area (Å²) in [6.45, 7) is 5.96. The van der Waals surface area contributed by atoms with Crippen molar-refractivity contribution in [1.82, 2.24) is 4.72 Å². The van der Waals surface area contributed by atoms with Gasteiger partial charge < -0.3 is 4.74 Å². The Bertz CT molecular complexity index is 1090. The fourth-order valence-corrected chi connectivity index (χ4v) is 4.48. The van der Waals surface area contributed by atoms with Gasteiger partial charge in [0.25, 0.3) is 0 Å². The van der Waals surface area contributed by atoms with Crippen LogP contribution in [0.3, 0.4) is 0 Å². The summed E-state index contributed by atoms with van der Waals surface area (Å²) in [5.41, 5.74) is 4.07. The summed E-state index contributed by atoms with van der Waals surface area (Å²) in [5.74, 6) is 0.525. The summed E-state index contributed by atoms with van der Waals surface area (Å²) in [7, 11) is -2.01. The van der Waals surface area contributed by atoms with Crippen LogP contribution < -0.4 is 9.46 Å². The zero-order chi connectivity index (χ0) is 21.6. The summed E-state index contributed by atoms with van der Waals surface area (Å²) < 4.78 is 34.2.